The van der Waals surface area contributed by atoms with Gasteiger partial charge in [-0.2, -0.15) is 0 Å². The maximum Gasteiger partial charge on any atom is 0.409 e. The van der Waals surface area contributed by atoms with Crippen LogP contribution in [0.15, 0.2) is 22.7 Å². The van der Waals surface area contributed by atoms with Gasteiger partial charge in [-0.25, -0.2) is 4.79 Å². The normalized spacial score (nSPS) is 23.7. The summed E-state index contributed by atoms with van der Waals surface area (Å²) in [5.41, 5.74) is 1.35. The maximum absolute atomic E-state index is 12.0. The monoisotopic (exact) mass is 478 g/mol. The van der Waals surface area contributed by atoms with Crippen LogP contribution in [0, 0.1) is 17.8 Å². The summed E-state index contributed by atoms with van der Waals surface area (Å²) in [6.07, 6.45) is 6.17. The van der Waals surface area contributed by atoms with Crippen LogP contribution in [0.4, 0.5) is 4.79 Å². The summed E-state index contributed by atoms with van der Waals surface area (Å²) in [7, 11) is 0. The number of ether oxygens (including phenoxy) is 2. The molecule has 0 spiro atoms. The lowest BCUT2D eigenvalue weighted by Gasteiger charge is -2.38. The molecule has 1 aromatic carbocycles. The zero-order chi connectivity index (χ0) is 21.1. The Labute approximate surface area is 189 Å². The Morgan fingerprint density at radius 1 is 1.10 bits per heavy atom. The van der Waals surface area contributed by atoms with Crippen LogP contribution in [0.3, 0.4) is 0 Å². The van der Waals surface area contributed by atoms with Crippen LogP contribution in [0.5, 0.6) is 5.75 Å². The van der Waals surface area contributed by atoms with E-state index >= 15 is 0 Å². The predicted molar refractivity (Wildman–Crippen MR) is 122 cm³/mol. The van der Waals surface area contributed by atoms with Gasteiger partial charge in [-0.3, -0.25) is 0 Å². The Morgan fingerprint density at radius 2 is 1.87 bits per heavy atom. The number of rotatable bonds is 8. The molecule has 1 amide bonds. The molecule has 4 rings (SSSR count). The summed E-state index contributed by atoms with van der Waals surface area (Å²) in [6, 6.07) is 6.35. The number of piperidine rings is 1. The minimum Gasteiger partial charge on any atom is -0.491 e. The topological polar surface area (TPSA) is 42.0 Å². The van der Waals surface area contributed by atoms with E-state index in [0.717, 1.165) is 50.8 Å². The minimum absolute atomic E-state index is 0.105. The Morgan fingerprint density at radius 3 is 2.57 bits per heavy atom. The van der Waals surface area contributed by atoms with Crippen molar-refractivity contribution in [2.75, 3.05) is 39.3 Å². The van der Waals surface area contributed by atoms with Gasteiger partial charge in [0.1, 0.15) is 5.75 Å². The number of hydrogen-bond donors (Lipinski definition) is 0. The quantitative estimate of drug-likeness (QED) is 0.528. The van der Waals surface area contributed by atoms with Gasteiger partial charge < -0.3 is 19.3 Å². The lowest BCUT2D eigenvalue weighted by atomic mass is 9.89. The average molecular weight is 479 g/mol. The molecule has 2 saturated heterocycles. The SMILES string of the molecule is CC(C)Oc1ccc(Br)c(CC2CCN(CC3COC(=O)N(CC4CC4)C3)CC2)c1. The van der Waals surface area contributed by atoms with E-state index in [1.54, 1.807) is 0 Å². The van der Waals surface area contributed by atoms with Crippen molar-refractivity contribution in [3.05, 3.63) is 28.2 Å². The minimum atomic E-state index is -0.105. The van der Waals surface area contributed by atoms with Crippen LogP contribution < -0.4 is 4.74 Å². The third-order valence-corrected chi connectivity index (χ3v) is 7.25. The molecule has 30 heavy (non-hydrogen) atoms. The Hall–Kier alpha value is -1.27. The summed E-state index contributed by atoms with van der Waals surface area (Å²) in [5, 5.41) is 0. The van der Waals surface area contributed by atoms with E-state index in [2.05, 4.69) is 46.8 Å². The fraction of sp³-hybridized carbons (Fsp3) is 0.708. The Balaban J connectivity index is 1.23. The molecule has 0 aromatic heterocycles. The summed E-state index contributed by atoms with van der Waals surface area (Å²) < 4.78 is 12.5. The number of halogens is 1. The second-order valence-corrected chi connectivity index (χ2v) is 10.5. The maximum atomic E-state index is 12.0. The number of benzene rings is 1. The molecule has 6 heteroatoms. The van der Waals surface area contributed by atoms with Gasteiger partial charge in [-0.05, 0) is 94.6 Å². The number of cyclic esters (lactones) is 1. The molecule has 1 saturated carbocycles. The zero-order valence-electron chi connectivity index (χ0n) is 18.3. The fourth-order valence-corrected chi connectivity index (χ4v) is 5.10. The van der Waals surface area contributed by atoms with Crippen molar-refractivity contribution in [3.63, 3.8) is 0 Å². The first-order valence-corrected chi connectivity index (χ1v) is 12.3. The highest BCUT2D eigenvalue weighted by atomic mass is 79.9. The number of hydrogen-bond acceptors (Lipinski definition) is 4. The first kappa shape index (κ1) is 21.9. The van der Waals surface area contributed by atoms with Crippen molar-refractivity contribution < 1.29 is 14.3 Å². The predicted octanol–water partition coefficient (Wildman–Crippen LogP) is 4.97. The van der Waals surface area contributed by atoms with Crippen LogP contribution >= 0.6 is 15.9 Å². The van der Waals surface area contributed by atoms with Crippen molar-refractivity contribution in [3.8, 4) is 5.75 Å². The molecular formula is C24H35BrN2O3. The second-order valence-electron chi connectivity index (χ2n) is 9.66. The van der Waals surface area contributed by atoms with Crippen molar-refractivity contribution in [1.82, 2.24) is 9.80 Å². The summed E-state index contributed by atoms with van der Waals surface area (Å²) in [5.74, 6) is 2.83. The molecule has 2 aliphatic heterocycles. The van der Waals surface area contributed by atoms with E-state index in [1.807, 2.05) is 11.0 Å². The number of likely N-dealkylation sites (tertiary alicyclic amines) is 1. The molecule has 3 aliphatic rings. The van der Waals surface area contributed by atoms with E-state index < -0.39 is 0 Å². The lowest BCUT2D eigenvalue weighted by Crippen LogP contribution is -2.48. The highest BCUT2D eigenvalue weighted by molar-refractivity contribution is 9.10. The van der Waals surface area contributed by atoms with Gasteiger partial charge in [0.2, 0.25) is 0 Å². The Bertz CT molecular complexity index is 729. The summed E-state index contributed by atoms with van der Waals surface area (Å²) in [6.45, 7) is 9.79. The molecule has 1 unspecified atom stereocenters. The standard InChI is InChI=1S/C24H35BrN2O3/c1-17(2)30-22-5-6-23(25)21(12-22)11-18-7-9-26(10-8-18)13-20-15-27(14-19-3-4-19)24(28)29-16-20/h5-6,12,17-20H,3-4,7-11,13-16H2,1-2H3. The number of nitrogens with zero attached hydrogens (tertiary/aromatic N) is 2. The molecule has 1 aromatic rings. The van der Waals surface area contributed by atoms with Crippen molar-refractivity contribution in [2.24, 2.45) is 17.8 Å². The number of carbonyl (C=O) groups excluding carboxylic acids is 1. The molecular weight excluding hydrogens is 444 g/mol. The van der Waals surface area contributed by atoms with E-state index in [1.165, 1.54) is 35.7 Å². The van der Waals surface area contributed by atoms with Gasteiger partial charge in [-0.1, -0.05) is 15.9 Å². The number of carbonyl (C=O) groups is 1. The fourth-order valence-electron chi connectivity index (χ4n) is 4.69. The lowest BCUT2D eigenvalue weighted by molar-refractivity contribution is 0.0254. The molecule has 0 N–H and O–H groups in total. The first-order chi connectivity index (χ1) is 14.5. The van der Waals surface area contributed by atoms with E-state index in [0.29, 0.717) is 18.4 Å². The van der Waals surface area contributed by atoms with Crippen LogP contribution in [-0.2, 0) is 11.2 Å². The van der Waals surface area contributed by atoms with Crippen molar-refractivity contribution >= 4 is 22.0 Å². The molecule has 5 nitrogen and oxygen atoms in total. The smallest absolute Gasteiger partial charge is 0.409 e. The van der Waals surface area contributed by atoms with Gasteiger partial charge in [0.25, 0.3) is 0 Å². The van der Waals surface area contributed by atoms with Crippen LogP contribution in [0.25, 0.3) is 0 Å². The molecule has 1 aliphatic carbocycles. The van der Waals surface area contributed by atoms with Gasteiger partial charge in [0.15, 0.2) is 0 Å². The molecule has 1 atom stereocenters. The van der Waals surface area contributed by atoms with Crippen LogP contribution in [-0.4, -0.2) is 61.3 Å². The van der Waals surface area contributed by atoms with E-state index in [-0.39, 0.29) is 12.2 Å². The largest absolute Gasteiger partial charge is 0.491 e. The molecule has 0 bridgehead atoms. The third kappa shape index (κ3) is 6.13. The van der Waals surface area contributed by atoms with Gasteiger partial charge >= 0.3 is 6.09 Å². The average Bonchev–Trinajstić information content (AvgIpc) is 3.52. The second kappa shape index (κ2) is 9.90. The number of amides is 1. The van der Waals surface area contributed by atoms with Crippen molar-refractivity contribution in [2.45, 2.75) is 52.1 Å². The summed E-state index contributed by atoms with van der Waals surface area (Å²) in [4.78, 5) is 16.5. The summed E-state index contributed by atoms with van der Waals surface area (Å²) >= 11 is 3.72. The molecule has 3 fully saturated rings. The van der Waals surface area contributed by atoms with Crippen LogP contribution in [0.2, 0.25) is 0 Å². The zero-order valence-corrected chi connectivity index (χ0v) is 19.9. The van der Waals surface area contributed by atoms with Crippen LogP contribution in [0.1, 0.15) is 45.1 Å². The van der Waals surface area contributed by atoms with Gasteiger partial charge in [0, 0.05) is 30.0 Å². The highest BCUT2D eigenvalue weighted by Gasteiger charge is 2.33. The van der Waals surface area contributed by atoms with Gasteiger partial charge in [-0.15, -0.1) is 0 Å². The Kier molecular flexibility index (Phi) is 7.24. The van der Waals surface area contributed by atoms with Crippen molar-refractivity contribution in [1.29, 1.82) is 0 Å². The molecule has 2 heterocycles. The molecule has 0 radical (unpaired) electrons. The third-order valence-electron chi connectivity index (χ3n) is 6.48. The highest BCUT2D eigenvalue weighted by Crippen LogP contribution is 2.32. The van der Waals surface area contributed by atoms with E-state index in [9.17, 15) is 4.79 Å². The van der Waals surface area contributed by atoms with E-state index in [4.69, 9.17) is 9.47 Å². The molecule has 166 valence electrons. The van der Waals surface area contributed by atoms with Gasteiger partial charge in [0.05, 0.1) is 12.7 Å². The first-order valence-electron chi connectivity index (χ1n) is 11.6.